The van der Waals surface area contributed by atoms with Crippen LogP contribution in [-0.2, 0) is 0 Å². The lowest BCUT2D eigenvalue weighted by molar-refractivity contribution is 0.510. The van der Waals surface area contributed by atoms with Gasteiger partial charge in [0.25, 0.3) is 0 Å². The van der Waals surface area contributed by atoms with E-state index in [9.17, 15) is 13.2 Å². The van der Waals surface area contributed by atoms with Crippen molar-refractivity contribution in [3.05, 3.63) is 48.0 Å². The van der Waals surface area contributed by atoms with Crippen LogP contribution in [0.5, 0.6) is 0 Å². The molecule has 0 spiro atoms. The summed E-state index contributed by atoms with van der Waals surface area (Å²) in [5.41, 5.74) is 1.02. The molecule has 0 atom stereocenters. The Morgan fingerprint density at radius 3 is 2.50 bits per heavy atom. The highest BCUT2D eigenvalue weighted by Gasteiger charge is 2.10. The van der Waals surface area contributed by atoms with E-state index in [2.05, 4.69) is 15.0 Å². The molecule has 3 rings (SSSR count). The van der Waals surface area contributed by atoms with E-state index in [4.69, 9.17) is 0 Å². The van der Waals surface area contributed by atoms with Crippen LogP contribution in [0, 0.1) is 17.5 Å². The van der Waals surface area contributed by atoms with Gasteiger partial charge in [0.05, 0.1) is 17.2 Å². The molecule has 18 heavy (non-hydrogen) atoms. The molecule has 0 aliphatic rings. The summed E-state index contributed by atoms with van der Waals surface area (Å²) in [6.07, 6.45) is 2.47. The third kappa shape index (κ3) is 1.71. The topological polar surface area (TPSA) is 41.6 Å². The van der Waals surface area contributed by atoms with Crippen LogP contribution < -0.4 is 0 Å². The fourth-order valence-electron chi connectivity index (χ4n) is 1.68. The highest BCUT2D eigenvalue weighted by atomic mass is 19.2. The molecule has 0 unspecified atom stereocenters. The Labute approximate surface area is 99.3 Å². The molecule has 0 aliphatic heterocycles. The maximum atomic E-state index is 13.0. The lowest BCUT2D eigenvalue weighted by Gasteiger charge is -1.94. The largest absolute Gasteiger partial charge is 0.338 e. The predicted molar refractivity (Wildman–Crippen MR) is 59.2 cm³/mol. The smallest absolute Gasteiger partial charge is 0.161 e. The van der Waals surface area contributed by atoms with Crippen LogP contribution in [0.1, 0.15) is 0 Å². The average Bonchev–Trinajstić information content (AvgIpc) is 2.73. The number of nitrogens with one attached hydrogen (secondary N) is 1. The van der Waals surface area contributed by atoms with Crippen molar-refractivity contribution in [2.75, 3.05) is 0 Å². The highest BCUT2D eigenvalue weighted by Crippen LogP contribution is 2.22. The number of benzene rings is 1. The lowest BCUT2D eigenvalue weighted by atomic mass is 10.3. The standard InChI is InChI=1S/C12H6F3N3/c13-7-1-6(4-16-5-7)12-17-10-2-8(14)9(15)3-11(10)18-12/h1-5H,(H,17,18). The van der Waals surface area contributed by atoms with Crippen molar-refractivity contribution >= 4 is 11.0 Å². The number of rotatable bonds is 1. The van der Waals surface area contributed by atoms with Gasteiger partial charge in [-0.2, -0.15) is 0 Å². The summed E-state index contributed by atoms with van der Waals surface area (Å²) in [4.78, 5) is 10.5. The van der Waals surface area contributed by atoms with Crippen LogP contribution in [0.15, 0.2) is 30.6 Å². The van der Waals surface area contributed by atoms with Gasteiger partial charge >= 0.3 is 0 Å². The fraction of sp³-hybridized carbons (Fsp3) is 0. The number of halogens is 3. The summed E-state index contributed by atoms with van der Waals surface area (Å²) in [5.74, 6) is -2.14. The van der Waals surface area contributed by atoms with E-state index in [-0.39, 0.29) is 5.52 Å². The van der Waals surface area contributed by atoms with Gasteiger partial charge in [0.1, 0.15) is 11.6 Å². The number of fused-ring (bicyclic) bond motifs is 1. The number of imidazole rings is 1. The minimum absolute atomic E-state index is 0.271. The van der Waals surface area contributed by atoms with Crippen molar-refractivity contribution in [2.45, 2.75) is 0 Å². The van der Waals surface area contributed by atoms with E-state index >= 15 is 0 Å². The molecule has 3 aromatic rings. The van der Waals surface area contributed by atoms with Gasteiger partial charge in [-0.15, -0.1) is 0 Å². The number of pyridine rings is 1. The van der Waals surface area contributed by atoms with E-state index in [0.717, 1.165) is 18.3 Å². The van der Waals surface area contributed by atoms with Crippen LogP contribution in [0.2, 0.25) is 0 Å². The predicted octanol–water partition coefficient (Wildman–Crippen LogP) is 3.04. The van der Waals surface area contributed by atoms with Crippen LogP contribution in [0.3, 0.4) is 0 Å². The van der Waals surface area contributed by atoms with Crippen LogP contribution in [0.25, 0.3) is 22.4 Å². The van der Waals surface area contributed by atoms with Gasteiger partial charge < -0.3 is 4.98 Å². The zero-order valence-corrected chi connectivity index (χ0v) is 8.92. The first kappa shape index (κ1) is 10.8. The number of nitrogens with zero attached hydrogens (tertiary/aromatic N) is 2. The Bertz CT molecular complexity index is 698. The van der Waals surface area contributed by atoms with Crippen LogP contribution in [0.4, 0.5) is 13.2 Å². The van der Waals surface area contributed by atoms with Gasteiger partial charge in [0, 0.05) is 23.9 Å². The van der Waals surface area contributed by atoms with Gasteiger partial charge in [-0.3, -0.25) is 4.98 Å². The molecule has 2 aromatic heterocycles. The summed E-state index contributed by atoms with van der Waals surface area (Å²) in [6.45, 7) is 0. The van der Waals surface area contributed by atoms with Crippen molar-refractivity contribution in [1.82, 2.24) is 15.0 Å². The maximum absolute atomic E-state index is 13.0. The molecular formula is C12H6F3N3. The number of hydrogen-bond acceptors (Lipinski definition) is 2. The second-order valence-electron chi connectivity index (χ2n) is 3.76. The molecule has 0 saturated carbocycles. The Balaban J connectivity index is 2.19. The molecule has 0 amide bonds. The average molecular weight is 249 g/mol. The number of hydrogen-bond donors (Lipinski definition) is 1. The molecule has 6 heteroatoms. The quantitative estimate of drug-likeness (QED) is 0.720. The van der Waals surface area contributed by atoms with Gasteiger partial charge in [-0.1, -0.05) is 0 Å². The van der Waals surface area contributed by atoms with Gasteiger partial charge in [0.2, 0.25) is 0 Å². The van der Waals surface area contributed by atoms with Gasteiger partial charge in [-0.25, -0.2) is 18.2 Å². The zero-order valence-electron chi connectivity index (χ0n) is 8.92. The number of aromatic nitrogens is 3. The molecule has 0 saturated heterocycles. The Morgan fingerprint density at radius 2 is 1.72 bits per heavy atom. The first-order chi connectivity index (χ1) is 8.63. The van der Waals surface area contributed by atoms with Gasteiger partial charge in [-0.05, 0) is 6.07 Å². The molecule has 0 aliphatic carbocycles. The van der Waals surface area contributed by atoms with Crippen molar-refractivity contribution in [3.8, 4) is 11.4 Å². The van der Waals surface area contributed by atoms with E-state index in [1.807, 2.05) is 0 Å². The maximum Gasteiger partial charge on any atom is 0.161 e. The van der Waals surface area contributed by atoms with E-state index < -0.39 is 17.5 Å². The number of aromatic amines is 1. The van der Waals surface area contributed by atoms with E-state index in [0.29, 0.717) is 16.9 Å². The Hall–Kier alpha value is -2.37. The molecular weight excluding hydrogens is 243 g/mol. The first-order valence-corrected chi connectivity index (χ1v) is 5.09. The normalized spacial score (nSPS) is 11.1. The van der Waals surface area contributed by atoms with E-state index in [1.54, 1.807) is 0 Å². The summed E-state index contributed by atoms with van der Waals surface area (Å²) in [5, 5.41) is 0. The van der Waals surface area contributed by atoms with E-state index in [1.165, 1.54) is 12.3 Å². The Kier molecular flexibility index (Phi) is 2.29. The summed E-state index contributed by atoms with van der Waals surface area (Å²) in [7, 11) is 0. The minimum atomic E-state index is -0.974. The summed E-state index contributed by atoms with van der Waals surface area (Å²) in [6, 6.07) is 3.22. The van der Waals surface area contributed by atoms with Crippen molar-refractivity contribution in [3.63, 3.8) is 0 Å². The van der Waals surface area contributed by atoms with Crippen molar-refractivity contribution in [1.29, 1.82) is 0 Å². The molecule has 1 aromatic carbocycles. The summed E-state index contributed by atoms with van der Waals surface area (Å²) < 4.78 is 39.1. The SMILES string of the molecule is Fc1cncc(-c2nc3cc(F)c(F)cc3[nH]2)c1. The third-order valence-corrected chi connectivity index (χ3v) is 2.50. The summed E-state index contributed by atoms with van der Waals surface area (Å²) >= 11 is 0. The molecule has 1 N–H and O–H groups in total. The minimum Gasteiger partial charge on any atom is -0.338 e. The van der Waals surface area contributed by atoms with Crippen molar-refractivity contribution in [2.24, 2.45) is 0 Å². The second kappa shape index (κ2) is 3.83. The third-order valence-electron chi connectivity index (χ3n) is 2.50. The second-order valence-corrected chi connectivity index (χ2v) is 3.76. The number of H-pyrrole nitrogens is 1. The zero-order chi connectivity index (χ0) is 12.7. The lowest BCUT2D eigenvalue weighted by Crippen LogP contribution is -1.84. The van der Waals surface area contributed by atoms with Gasteiger partial charge in [0.15, 0.2) is 11.6 Å². The highest BCUT2D eigenvalue weighted by molar-refractivity contribution is 5.79. The molecule has 0 bridgehead atoms. The Morgan fingerprint density at radius 1 is 0.944 bits per heavy atom. The van der Waals surface area contributed by atoms with Crippen molar-refractivity contribution < 1.29 is 13.2 Å². The van der Waals surface area contributed by atoms with Crippen LogP contribution in [-0.4, -0.2) is 15.0 Å². The molecule has 0 fully saturated rings. The molecule has 90 valence electrons. The molecule has 2 heterocycles. The fourth-order valence-corrected chi connectivity index (χ4v) is 1.68. The monoisotopic (exact) mass is 249 g/mol. The first-order valence-electron chi connectivity index (χ1n) is 5.09. The van der Waals surface area contributed by atoms with Crippen LogP contribution >= 0.6 is 0 Å². The molecule has 0 radical (unpaired) electrons. The molecule has 3 nitrogen and oxygen atoms in total.